The van der Waals surface area contributed by atoms with Crippen molar-refractivity contribution in [1.82, 2.24) is 14.6 Å². The van der Waals surface area contributed by atoms with Gasteiger partial charge in [0.15, 0.2) is 0 Å². The zero-order valence-corrected chi connectivity index (χ0v) is 19.5. The first kappa shape index (κ1) is 25.6. The van der Waals surface area contributed by atoms with E-state index in [1.807, 2.05) is 0 Å². The molecule has 0 unspecified atom stereocenters. The van der Waals surface area contributed by atoms with E-state index in [1.54, 1.807) is 24.3 Å². The molecule has 1 N–H and O–H groups in total. The molecule has 1 fully saturated rings. The summed E-state index contributed by atoms with van der Waals surface area (Å²) in [7, 11) is -3.98. The van der Waals surface area contributed by atoms with Crippen LogP contribution in [0.3, 0.4) is 0 Å². The second-order valence-electron chi connectivity index (χ2n) is 8.07. The van der Waals surface area contributed by atoms with Gasteiger partial charge < -0.3 is 10.1 Å². The number of nitrogens with zero attached hydrogens (tertiary/aromatic N) is 2. The Balaban J connectivity index is 1.39. The van der Waals surface area contributed by atoms with Crippen molar-refractivity contribution >= 4 is 15.9 Å². The highest BCUT2D eigenvalue weighted by atomic mass is 32.2. The largest absolute Gasteiger partial charge is 0.456 e. The molecule has 2 heterocycles. The second-order valence-corrected chi connectivity index (χ2v) is 9.96. The van der Waals surface area contributed by atoms with Crippen molar-refractivity contribution in [1.29, 1.82) is 0 Å². The van der Waals surface area contributed by atoms with Gasteiger partial charge in [-0.25, -0.2) is 17.8 Å². The topological polar surface area (TPSA) is 88.6 Å². The van der Waals surface area contributed by atoms with Crippen LogP contribution < -0.4 is 10.1 Å². The standard InChI is InChI=1S/C24H21F4N3O4S/c25-17-6-9-20(10-7-17)36(33,34)31-12-2-5-21(31)23(32)30-14-16-3-1-4-18(13-16)35-19-8-11-22(29-15-19)24(26,27)28/h1,3-4,6-11,13,15,21H,2,5,12,14H2,(H,30,32)/t21-/m0/s1. The Hall–Kier alpha value is -3.51. The number of hydrogen-bond donors (Lipinski definition) is 1. The Morgan fingerprint density at radius 2 is 1.83 bits per heavy atom. The van der Waals surface area contributed by atoms with Gasteiger partial charge in [0.05, 0.1) is 11.1 Å². The van der Waals surface area contributed by atoms with E-state index in [0.717, 1.165) is 46.9 Å². The van der Waals surface area contributed by atoms with Gasteiger partial charge in [0, 0.05) is 13.1 Å². The first-order valence-electron chi connectivity index (χ1n) is 10.9. The zero-order chi connectivity index (χ0) is 25.9. The molecule has 36 heavy (non-hydrogen) atoms. The predicted octanol–water partition coefficient (Wildman–Crippen LogP) is 4.50. The molecule has 12 heteroatoms. The lowest BCUT2D eigenvalue weighted by atomic mass is 10.2. The van der Waals surface area contributed by atoms with E-state index >= 15 is 0 Å². The maximum Gasteiger partial charge on any atom is 0.433 e. The van der Waals surface area contributed by atoms with E-state index in [-0.39, 0.29) is 23.7 Å². The van der Waals surface area contributed by atoms with Crippen LogP contribution in [0.4, 0.5) is 17.6 Å². The number of alkyl halides is 3. The maximum atomic E-state index is 13.2. The minimum Gasteiger partial charge on any atom is -0.456 e. The Morgan fingerprint density at radius 3 is 2.50 bits per heavy atom. The normalized spacial score (nSPS) is 16.6. The van der Waals surface area contributed by atoms with E-state index in [1.165, 1.54) is 0 Å². The quantitative estimate of drug-likeness (QED) is 0.461. The first-order chi connectivity index (χ1) is 17.0. The van der Waals surface area contributed by atoms with Crippen LogP contribution in [-0.4, -0.2) is 36.2 Å². The maximum absolute atomic E-state index is 13.2. The monoisotopic (exact) mass is 523 g/mol. The fraction of sp³-hybridized carbons (Fsp3) is 0.250. The third-order valence-corrected chi connectivity index (χ3v) is 7.48. The van der Waals surface area contributed by atoms with Crippen LogP contribution in [0.2, 0.25) is 0 Å². The summed E-state index contributed by atoms with van der Waals surface area (Å²) < 4.78 is 83.8. The highest BCUT2D eigenvalue weighted by Crippen LogP contribution is 2.30. The summed E-state index contributed by atoms with van der Waals surface area (Å²) in [6, 6.07) is 12.0. The fourth-order valence-electron chi connectivity index (χ4n) is 3.80. The third-order valence-electron chi connectivity index (χ3n) is 5.55. The van der Waals surface area contributed by atoms with Crippen molar-refractivity contribution in [3.05, 3.63) is 83.9 Å². The first-order valence-corrected chi connectivity index (χ1v) is 12.3. The molecular formula is C24H21F4N3O4S. The lowest BCUT2D eigenvalue weighted by Gasteiger charge is -2.23. The molecule has 1 amide bonds. The summed E-state index contributed by atoms with van der Waals surface area (Å²) in [5, 5.41) is 2.72. The molecule has 1 aliphatic rings. The lowest BCUT2D eigenvalue weighted by molar-refractivity contribution is -0.141. The van der Waals surface area contributed by atoms with Crippen LogP contribution in [0.15, 0.2) is 71.8 Å². The highest BCUT2D eigenvalue weighted by molar-refractivity contribution is 7.89. The van der Waals surface area contributed by atoms with Gasteiger partial charge in [-0.2, -0.15) is 17.5 Å². The number of benzene rings is 2. The number of ether oxygens (including phenoxy) is 1. The molecule has 0 spiro atoms. The predicted molar refractivity (Wildman–Crippen MR) is 121 cm³/mol. The molecule has 4 rings (SSSR count). The molecule has 0 saturated carbocycles. The smallest absolute Gasteiger partial charge is 0.433 e. The van der Waals surface area contributed by atoms with E-state index in [2.05, 4.69) is 10.3 Å². The van der Waals surface area contributed by atoms with Crippen LogP contribution in [0.25, 0.3) is 0 Å². The van der Waals surface area contributed by atoms with Crippen molar-refractivity contribution < 1.29 is 35.5 Å². The van der Waals surface area contributed by atoms with E-state index in [4.69, 9.17) is 4.74 Å². The van der Waals surface area contributed by atoms with Crippen molar-refractivity contribution in [2.24, 2.45) is 0 Å². The average molecular weight is 524 g/mol. The number of sulfonamides is 1. The van der Waals surface area contributed by atoms with E-state index < -0.39 is 39.7 Å². The number of halogens is 4. The second kappa shape index (κ2) is 10.2. The molecule has 1 saturated heterocycles. The van der Waals surface area contributed by atoms with Gasteiger partial charge in [0.1, 0.15) is 29.1 Å². The van der Waals surface area contributed by atoms with Crippen molar-refractivity contribution in [2.75, 3.05) is 6.54 Å². The number of aromatic nitrogens is 1. The van der Waals surface area contributed by atoms with Crippen LogP contribution in [0, 0.1) is 5.82 Å². The number of nitrogens with one attached hydrogen (secondary N) is 1. The molecule has 190 valence electrons. The highest BCUT2D eigenvalue weighted by Gasteiger charge is 2.39. The summed E-state index contributed by atoms with van der Waals surface area (Å²) in [5.74, 6) is -0.608. The SMILES string of the molecule is O=C(NCc1cccc(Oc2ccc(C(F)(F)F)nc2)c1)[C@@H]1CCCN1S(=O)(=O)c1ccc(F)cc1. The minimum absolute atomic E-state index is 0.0717. The molecule has 0 bridgehead atoms. The van der Waals surface area contributed by atoms with Gasteiger partial charge in [-0.3, -0.25) is 4.79 Å². The molecular weight excluding hydrogens is 502 g/mol. The molecule has 7 nitrogen and oxygen atoms in total. The Bertz CT molecular complexity index is 1330. The number of amides is 1. The zero-order valence-electron chi connectivity index (χ0n) is 18.7. The van der Waals surface area contributed by atoms with Crippen molar-refractivity contribution in [3.63, 3.8) is 0 Å². The summed E-state index contributed by atoms with van der Waals surface area (Å²) in [4.78, 5) is 16.1. The van der Waals surface area contributed by atoms with Crippen LogP contribution in [-0.2, 0) is 27.5 Å². The molecule has 0 aliphatic carbocycles. The van der Waals surface area contributed by atoms with Gasteiger partial charge in [-0.15, -0.1) is 0 Å². The molecule has 1 aliphatic heterocycles. The molecule has 3 aromatic rings. The summed E-state index contributed by atoms with van der Waals surface area (Å²) >= 11 is 0. The molecule has 1 atom stereocenters. The van der Waals surface area contributed by atoms with Crippen LogP contribution in [0.5, 0.6) is 11.5 Å². The summed E-state index contributed by atoms with van der Waals surface area (Å²) in [6.45, 7) is 0.241. The third kappa shape index (κ3) is 5.82. The Morgan fingerprint density at radius 1 is 1.08 bits per heavy atom. The molecule has 1 aromatic heterocycles. The van der Waals surface area contributed by atoms with Crippen molar-refractivity contribution in [3.8, 4) is 11.5 Å². The van der Waals surface area contributed by atoms with Gasteiger partial charge in [0.2, 0.25) is 15.9 Å². The Kier molecular flexibility index (Phi) is 7.27. The fourth-order valence-corrected chi connectivity index (χ4v) is 5.46. The Labute approximate surface area is 204 Å². The summed E-state index contributed by atoms with van der Waals surface area (Å²) in [6.07, 6.45) is -2.74. The van der Waals surface area contributed by atoms with Gasteiger partial charge in [0.25, 0.3) is 0 Å². The molecule has 2 aromatic carbocycles. The van der Waals surface area contributed by atoms with Crippen LogP contribution >= 0.6 is 0 Å². The number of carbonyl (C=O) groups is 1. The number of hydrogen-bond acceptors (Lipinski definition) is 5. The molecule has 0 radical (unpaired) electrons. The van der Waals surface area contributed by atoms with E-state index in [9.17, 15) is 30.8 Å². The lowest BCUT2D eigenvalue weighted by Crippen LogP contribution is -2.45. The van der Waals surface area contributed by atoms with Gasteiger partial charge in [-0.05, 0) is 66.9 Å². The van der Waals surface area contributed by atoms with Gasteiger partial charge in [-0.1, -0.05) is 12.1 Å². The van der Waals surface area contributed by atoms with E-state index in [0.29, 0.717) is 24.2 Å². The average Bonchev–Trinajstić information content (AvgIpc) is 3.34. The van der Waals surface area contributed by atoms with Crippen molar-refractivity contribution in [2.45, 2.75) is 36.5 Å². The number of pyridine rings is 1. The number of rotatable bonds is 7. The van der Waals surface area contributed by atoms with Gasteiger partial charge >= 0.3 is 6.18 Å². The summed E-state index contributed by atoms with van der Waals surface area (Å²) in [5.41, 5.74) is -0.402. The van der Waals surface area contributed by atoms with Crippen LogP contribution in [0.1, 0.15) is 24.1 Å². The number of carbonyl (C=O) groups excluding carboxylic acids is 1. The minimum atomic E-state index is -4.55.